The molecule has 0 bridgehead atoms. The van der Waals surface area contributed by atoms with Crippen LogP contribution in [0.2, 0.25) is 5.02 Å². The molecule has 0 saturated heterocycles. The van der Waals surface area contributed by atoms with Crippen molar-refractivity contribution >= 4 is 11.6 Å². The van der Waals surface area contributed by atoms with E-state index in [0.29, 0.717) is 5.02 Å². The van der Waals surface area contributed by atoms with E-state index in [1.54, 1.807) is 24.8 Å². The van der Waals surface area contributed by atoms with E-state index in [9.17, 15) is 0 Å². The van der Waals surface area contributed by atoms with Gasteiger partial charge in [0.1, 0.15) is 0 Å². The topological polar surface area (TPSA) is 63.8 Å². The highest BCUT2D eigenvalue weighted by Crippen LogP contribution is 2.26. The molecule has 0 aliphatic carbocycles. The van der Waals surface area contributed by atoms with Gasteiger partial charge in [-0.1, -0.05) is 17.7 Å². The fourth-order valence-corrected chi connectivity index (χ4v) is 1.76. The Balaban J connectivity index is 2.41. The molecule has 1 unspecified atom stereocenters. The molecule has 5 heteroatoms. The number of hydrogen-bond donors (Lipinski definition) is 2. The van der Waals surface area contributed by atoms with Crippen molar-refractivity contribution in [3.05, 3.63) is 59.1 Å². The molecule has 0 spiro atoms. The molecule has 0 aromatic carbocycles. The van der Waals surface area contributed by atoms with Crippen molar-refractivity contribution in [1.82, 2.24) is 15.4 Å². The Morgan fingerprint density at radius 1 is 1.19 bits per heavy atom. The summed E-state index contributed by atoms with van der Waals surface area (Å²) in [6.45, 7) is 0. The van der Waals surface area contributed by atoms with Crippen LogP contribution in [0.25, 0.3) is 0 Å². The third kappa shape index (κ3) is 2.19. The second-order valence-electron chi connectivity index (χ2n) is 3.28. The third-order valence-electron chi connectivity index (χ3n) is 2.30. The standard InChI is InChI=1S/C11H11ClN4/c12-10-7-15-5-3-9(10)11(16-13)8-2-1-4-14-6-8/h1-7,11,16H,13H2. The molecule has 0 aliphatic rings. The predicted octanol–water partition coefficient (Wildman–Crippen LogP) is 1.68. The van der Waals surface area contributed by atoms with E-state index < -0.39 is 0 Å². The van der Waals surface area contributed by atoms with Crippen LogP contribution in [0.1, 0.15) is 17.2 Å². The summed E-state index contributed by atoms with van der Waals surface area (Å²) in [5.74, 6) is 5.55. The number of hydrogen-bond acceptors (Lipinski definition) is 4. The molecule has 2 heterocycles. The highest BCUT2D eigenvalue weighted by atomic mass is 35.5. The lowest BCUT2D eigenvalue weighted by Crippen LogP contribution is -2.29. The first-order chi connectivity index (χ1) is 7.83. The van der Waals surface area contributed by atoms with Crippen LogP contribution in [0.15, 0.2) is 43.0 Å². The van der Waals surface area contributed by atoms with Gasteiger partial charge < -0.3 is 0 Å². The lowest BCUT2D eigenvalue weighted by molar-refractivity contribution is 0.634. The van der Waals surface area contributed by atoms with Gasteiger partial charge in [-0.05, 0) is 23.3 Å². The molecule has 82 valence electrons. The summed E-state index contributed by atoms with van der Waals surface area (Å²) in [5.41, 5.74) is 4.56. The number of nitrogens with one attached hydrogen (secondary N) is 1. The zero-order chi connectivity index (χ0) is 11.4. The van der Waals surface area contributed by atoms with E-state index in [2.05, 4.69) is 15.4 Å². The zero-order valence-corrected chi connectivity index (χ0v) is 9.22. The van der Waals surface area contributed by atoms with Gasteiger partial charge in [-0.2, -0.15) is 0 Å². The van der Waals surface area contributed by atoms with Crippen LogP contribution >= 0.6 is 11.6 Å². The number of nitrogens with zero attached hydrogens (tertiary/aromatic N) is 2. The van der Waals surface area contributed by atoms with Gasteiger partial charge in [0.15, 0.2) is 0 Å². The molecule has 3 N–H and O–H groups in total. The van der Waals surface area contributed by atoms with E-state index in [-0.39, 0.29) is 6.04 Å². The van der Waals surface area contributed by atoms with E-state index in [4.69, 9.17) is 17.4 Å². The summed E-state index contributed by atoms with van der Waals surface area (Å²) in [7, 11) is 0. The Morgan fingerprint density at radius 3 is 2.62 bits per heavy atom. The third-order valence-corrected chi connectivity index (χ3v) is 2.62. The first-order valence-electron chi connectivity index (χ1n) is 4.78. The van der Waals surface area contributed by atoms with E-state index in [1.165, 1.54) is 0 Å². The molecule has 1 atom stereocenters. The fraction of sp³-hybridized carbons (Fsp3) is 0.0909. The van der Waals surface area contributed by atoms with Crippen molar-refractivity contribution < 1.29 is 0 Å². The molecule has 2 aromatic heterocycles. The van der Waals surface area contributed by atoms with Crippen LogP contribution in [0, 0.1) is 0 Å². The van der Waals surface area contributed by atoms with E-state index in [1.807, 2.05) is 18.2 Å². The minimum atomic E-state index is -0.177. The maximum absolute atomic E-state index is 6.07. The van der Waals surface area contributed by atoms with Crippen LogP contribution < -0.4 is 11.3 Å². The van der Waals surface area contributed by atoms with Crippen LogP contribution in [-0.4, -0.2) is 9.97 Å². The zero-order valence-electron chi connectivity index (χ0n) is 8.47. The minimum absolute atomic E-state index is 0.177. The molecular weight excluding hydrogens is 224 g/mol. The minimum Gasteiger partial charge on any atom is -0.271 e. The second-order valence-corrected chi connectivity index (χ2v) is 3.69. The van der Waals surface area contributed by atoms with Crippen LogP contribution in [0.3, 0.4) is 0 Å². The summed E-state index contributed by atoms with van der Waals surface area (Å²) in [5, 5.41) is 0.578. The van der Waals surface area contributed by atoms with Crippen molar-refractivity contribution in [3.63, 3.8) is 0 Å². The molecule has 2 aromatic rings. The summed E-state index contributed by atoms with van der Waals surface area (Å²) < 4.78 is 0. The van der Waals surface area contributed by atoms with Gasteiger partial charge in [-0.3, -0.25) is 15.8 Å². The molecule has 0 amide bonds. The van der Waals surface area contributed by atoms with Crippen molar-refractivity contribution in [3.8, 4) is 0 Å². The van der Waals surface area contributed by atoms with E-state index in [0.717, 1.165) is 11.1 Å². The number of aromatic nitrogens is 2. The quantitative estimate of drug-likeness (QED) is 0.627. The highest BCUT2D eigenvalue weighted by molar-refractivity contribution is 6.31. The molecule has 0 fully saturated rings. The first kappa shape index (κ1) is 11.0. The Kier molecular flexibility index (Phi) is 3.46. The summed E-state index contributed by atoms with van der Waals surface area (Å²) in [4.78, 5) is 7.99. The van der Waals surface area contributed by atoms with Crippen molar-refractivity contribution in [1.29, 1.82) is 0 Å². The SMILES string of the molecule is NNC(c1cccnc1)c1ccncc1Cl. The van der Waals surface area contributed by atoms with Gasteiger partial charge in [-0.25, -0.2) is 5.43 Å². The van der Waals surface area contributed by atoms with Crippen LogP contribution in [-0.2, 0) is 0 Å². The average molecular weight is 235 g/mol. The van der Waals surface area contributed by atoms with Crippen LogP contribution in [0.5, 0.6) is 0 Å². The second kappa shape index (κ2) is 5.03. The van der Waals surface area contributed by atoms with Crippen molar-refractivity contribution in [2.75, 3.05) is 0 Å². The Bertz CT molecular complexity index is 461. The lowest BCUT2D eigenvalue weighted by atomic mass is 10.0. The maximum atomic E-state index is 6.07. The smallest absolute Gasteiger partial charge is 0.0740 e. The Labute approximate surface area is 98.5 Å². The van der Waals surface area contributed by atoms with Crippen molar-refractivity contribution in [2.24, 2.45) is 5.84 Å². The first-order valence-corrected chi connectivity index (χ1v) is 5.16. The van der Waals surface area contributed by atoms with Gasteiger partial charge in [0.05, 0.1) is 11.1 Å². The molecule has 0 radical (unpaired) electrons. The Hall–Kier alpha value is -1.49. The lowest BCUT2D eigenvalue weighted by Gasteiger charge is -2.17. The van der Waals surface area contributed by atoms with Crippen molar-refractivity contribution in [2.45, 2.75) is 6.04 Å². The van der Waals surface area contributed by atoms with E-state index >= 15 is 0 Å². The predicted molar refractivity (Wildman–Crippen MR) is 62.7 cm³/mol. The van der Waals surface area contributed by atoms with Gasteiger partial charge in [0.25, 0.3) is 0 Å². The summed E-state index contributed by atoms with van der Waals surface area (Å²) >= 11 is 6.07. The van der Waals surface area contributed by atoms with Gasteiger partial charge in [-0.15, -0.1) is 0 Å². The number of halogens is 1. The van der Waals surface area contributed by atoms with Crippen LogP contribution in [0.4, 0.5) is 0 Å². The fourth-order valence-electron chi connectivity index (χ4n) is 1.53. The molecule has 2 rings (SSSR count). The Morgan fingerprint density at radius 2 is 2.00 bits per heavy atom. The number of hydrazine groups is 1. The molecule has 0 saturated carbocycles. The normalized spacial score (nSPS) is 12.4. The number of pyridine rings is 2. The maximum Gasteiger partial charge on any atom is 0.0740 e. The molecule has 0 aliphatic heterocycles. The van der Waals surface area contributed by atoms with Gasteiger partial charge >= 0.3 is 0 Å². The molecule has 16 heavy (non-hydrogen) atoms. The average Bonchev–Trinajstić information content (AvgIpc) is 2.34. The molecule has 4 nitrogen and oxygen atoms in total. The summed E-state index contributed by atoms with van der Waals surface area (Å²) in [6.07, 6.45) is 6.74. The van der Waals surface area contributed by atoms with Gasteiger partial charge in [0, 0.05) is 24.8 Å². The number of nitrogens with two attached hydrogens (primary N) is 1. The van der Waals surface area contributed by atoms with Gasteiger partial charge in [0.2, 0.25) is 0 Å². The highest BCUT2D eigenvalue weighted by Gasteiger charge is 2.15. The molecular formula is C11H11ClN4. The monoisotopic (exact) mass is 234 g/mol. The largest absolute Gasteiger partial charge is 0.271 e. The number of rotatable bonds is 3. The summed E-state index contributed by atoms with van der Waals surface area (Å²) in [6, 6.07) is 5.45.